The van der Waals surface area contributed by atoms with Gasteiger partial charge >= 0.3 is 5.97 Å². The highest BCUT2D eigenvalue weighted by Crippen LogP contribution is 2.42. The Morgan fingerprint density at radius 2 is 1.61 bits per heavy atom. The van der Waals surface area contributed by atoms with E-state index in [2.05, 4.69) is 0 Å². The molecule has 7 nitrogen and oxygen atoms in total. The molecule has 38 heavy (non-hydrogen) atoms. The van der Waals surface area contributed by atoms with Gasteiger partial charge in [0.15, 0.2) is 0 Å². The van der Waals surface area contributed by atoms with Gasteiger partial charge in [-0.1, -0.05) is 66.7 Å². The van der Waals surface area contributed by atoms with Crippen LogP contribution in [0.1, 0.15) is 59.3 Å². The van der Waals surface area contributed by atoms with Crippen molar-refractivity contribution in [2.75, 3.05) is 19.7 Å². The molecule has 1 saturated heterocycles. The summed E-state index contributed by atoms with van der Waals surface area (Å²) < 4.78 is 5.77. The van der Waals surface area contributed by atoms with E-state index in [0.29, 0.717) is 23.3 Å². The van der Waals surface area contributed by atoms with Gasteiger partial charge in [0.25, 0.3) is 5.91 Å². The van der Waals surface area contributed by atoms with Crippen LogP contribution in [-0.2, 0) is 16.6 Å². The van der Waals surface area contributed by atoms with Gasteiger partial charge in [-0.3, -0.25) is 9.59 Å². The smallest absolute Gasteiger partial charge is 0.318 e. The molecule has 0 aliphatic carbocycles. The van der Waals surface area contributed by atoms with E-state index in [1.54, 1.807) is 25.1 Å². The standard InChI is InChI=1S/C22H23NO4.C9H13NO/c24-20(23-11-5-2-6-12-23)17-9-10-18-19(13-17)27-15-22(18,21(25)26)14-16-7-3-1-4-8-16;1-7(10)9(11)8-5-3-2-4-6-8/h1,3-4,7-10,13H,2,5-6,11-12,14-15H2,(H,25,26);2-7,9,11H,10H2,1H3/t22-;7-,9-/m11/s1. The molecule has 2 aliphatic heterocycles. The van der Waals surface area contributed by atoms with Crippen LogP contribution in [0.25, 0.3) is 0 Å². The minimum Gasteiger partial charge on any atom is -0.492 e. The summed E-state index contributed by atoms with van der Waals surface area (Å²) in [5.41, 5.74) is 7.44. The molecular weight excluding hydrogens is 480 g/mol. The van der Waals surface area contributed by atoms with E-state index in [-0.39, 0.29) is 18.6 Å². The van der Waals surface area contributed by atoms with Crippen LogP contribution in [0.4, 0.5) is 0 Å². The van der Waals surface area contributed by atoms with Gasteiger partial charge in [-0.05, 0) is 55.9 Å². The quantitative estimate of drug-likeness (QED) is 0.449. The largest absolute Gasteiger partial charge is 0.492 e. The topological polar surface area (TPSA) is 113 Å². The van der Waals surface area contributed by atoms with Gasteiger partial charge < -0.3 is 25.6 Å². The predicted octanol–water partition coefficient (Wildman–Crippen LogP) is 4.34. The van der Waals surface area contributed by atoms with Crippen molar-refractivity contribution in [1.82, 2.24) is 4.90 Å². The van der Waals surface area contributed by atoms with Crippen molar-refractivity contribution in [3.63, 3.8) is 0 Å². The number of hydrogen-bond donors (Lipinski definition) is 3. The van der Waals surface area contributed by atoms with Crippen molar-refractivity contribution >= 4 is 11.9 Å². The third kappa shape index (κ3) is 6.06. The molecule has 0 bridgehead atoms. The number of carboxylic acids is 1. The summed E-state index contributed by atoms with van der Waals surface area (Å²) in [5.74, 6) is -0.395. The lowest BCUT2D eigenvalue weighted by molar-refractivity contribution is -0.144. The lowest BCUT2D eigenvalue weighted by Crippen LogP contribution is -2.39. The molecule has 0 unspecified atom stereocenters. The minimum absolute atomic E-state index is 0.00279. The number of carbonyl (C=O) groups excluding carboxylic acids is 1. The first-order chi connectivity index (χ1) is 18.3. The van der Waals surface area contributed by atoms with Gasteiger partial charge in [0.1, 0.15) is 17.8 Å². The first kappa shape index (κ1) is 27.4. The fraction of sp³-hybridized carbons (Fsp3) is 0.355. The van der Waals surface area contributed by atoms with Crippen LogP contribution >= 0.6 is 0 Å². The number of aliphatic carboxylic acids is 1. The molecule has 0 saturated carbocycles. The summed E-state index contributed by atoms with van der Waals surface area (Å²) in [6.07, 6.45) is 3.04. The number of rotatable bonds is 6. The van der Waals surface area contributed by atoms with Crippen molar-refractivity contribution in [2.45, 2.75) is 50.2 Å². The van der Waals surface area contributed by atoms with Gasteiger partial charge in [-0.15, -0.1) is 0 Å². The molecule has 0 aromatic heterocycles. The van der Waals surface area contributed by atoms with Crippen molar-refractivity contribution in [2.24, 2.45) is 5.73 Å². The van der Waals surface area contributed by atoms with E-state index >= 15 is 0 Å². The summed E-state index contributed by atoms with van der Waals surface area (Å²) in [5, 5.41) is 19.5. The highest BCUT2D eigenvalue weighted by Gasteiger charge is 2.48. The summed E-state index contributed by atoms with van der Waals surface area (Å²) in [6.45, 7) is 3.43. The van der Waals surface area contributed by atoms with Crippen LogP contribution in [0.3, 0.4) is 0 Å². The van der Waals surface area contributed by atoms with Crippen LogP contribution in [0.2, 0.25) is 0 Å². The Balaban J connectivity index is 0.000000257. The number of piperidine rings is 1. The summed E-state index contributed by atoms with van der Waals surface area (Å²) in [6, 6.07) is 24.0. The van der Waals surface area contributed by atoms with E-state index in [9.17, 15) is 19.8 Å². The van der Waals surface area contributed by atoms with Gasteiger partial charge in [0.05, 0.1) is 6.10 Å². The van der Waals surface area contributed by atoms with Crippen LogP contribution in [0, 0.1) is 0 Å². The maximum absolute atomic E-state index is 12.7. The number of ether oxygens (including phenoxy) is 1. The molecule has 3 aromatic rings. The van der Waals surface area contributed by atoms with Crippen LogP contribution in [0.5, 0.6) is 5.75 Å². The fourth-order valence-electron chi connectivity index (χ4n) is 5.03. The average molecular weight is 517 g/mol. The van der Waals surface area contributed by atoms with Gasteiger partial charge in [-0.25, -0.2) is 0 Å². The zero-order chi connectivity index (χ0) is 27.1. The Labute approximate surface area is 223 Å². The van der Waals surface area contributed by atoms with Gasteiger partial charge in [0, 0.05) is 30.3 Å². The second-order valence-corrected chi connectivity index (χ2v) is 10.1. The number of aliphatic hydroxyl groups is 1. The number of amides is 1. The fourth-order valence-corrected chi connectivity index (χ4v) is 5.03. The number of aliphatic hydroxyl groups excluding tert-OH is 1. The second kappa shape index (κ2) is 12.2. The van der Waals surface area contributed by atoms with Crippen molar-refractivity contribution in [3.05, 3.63) is 101 Å². The molecule has 5 rings (SSSR count). The minimum atomic E-state index is -1.12. The number of fused-ring (bicyclic) bond motifs is 1. The van der Waals surface area contributed by atoms with Gasteiger partial charge in [-0.2, -0.15) is 0 Å². The van der Waals surface area contributed by atoms with E-state index < -0.39 is 17.5 Å². The number of hydrogen-bond acceptors (Lipinski definition) is 5. The summed E-state index contributed by atoms with van der Waals surface area (Å²) in [4.78, 5) is 26.8. The van der Waals surface area contributed by atoms with Crippen molar-refractivity contribution < 1.29 is 24.5 Å². The third-order valence-corrected chi connectivity index (χ3v) is 7.26. The molecule has 3 atom stereocenters. The highest BCUT2D eigenvalue weighted by atomic mass is 16.5. The number of benzene rings is 3. The molecule has 1 amide bonds. The van der Waals surface area contributed by atoms with Crippen LogP contribution in [0.15, 0.2) is 78.9 Å². The average Bonchev–Trinajstić information content (AvgIpc) is 3.33. The highest BCUT2D eigenvalue weighted by molar-refractivity contribution is 5.95. The number of likely N-dealkylation sites (tertiary alicyclic amines) is 1. The zero-order valence-corrected chi connectivity index (χ0v) is 21.8. The number of nitrogens with zero attached hydrogens (tertiary/aromatic N) is 1. The molecular formula is C31H36N2O5. The Morgan fingerprint density at radius 3 is 2.21 bits per heavy atom. The Bertz CT molecular complexity index is 1230. The van der Waals surface area contributed by atoms with E-state index in [1.165, 1.54) is 0 Å². The molecule has 0 radical (unpaired) electrons. The van der Waals surface area contributed by atoms with Gasteiger partial charge in [0.2, 0.25) is 0 Å². The normalized spacial score (nSPS) is 19.8. The number of carboxylic acid groups (broad SMARTS) is 1. The van der Waals surface area contributed by atoms with E-state index in [4.69, 9.17) is 10.5 Å². The van der Waals surface area contributed by atoms with Crippen molar-refractivity contribution in [3.8, 4) is 5.75 Å². The maximum Gasteiger partial charge on any atom is 0.318 e. The molecule has 4 N–H and O–H groups in total. The monoisotopic (exact) mass is 516 g/mol. The number of carbonyl (C=O) groups is 2. The maximum atomic E-state index is 12.7. The van der Waals surface area contributed by atoms with E-state index in [1.807, 2.05) is 65.6 Å². The molecule has 3 aromatic carbocycles. The van der Waals surface area contributed by atoms with Crippen LogP contribution < -0.4 is 10.5 Å². The molecule has 2 aliphatic rings. The third-order valence-electron chi connectivity index (χ3n) is 7.26. The van der Waals surface area contributed by atoms with Crippen molar-refractivity contribution in [1.29, 1.82) is 0 Å². The molecule has 200 valence electrons. The Hall–Kier alpha value is -3.68. The molecule has 0 spiro atoms. The SMILES string of the molecule is C[C@@H](N)[C@@H](O)c1ccccc1.O=C(c1ccc2c(c1)OC[C@@]2(Cc1ccccc1)C(=O)O)N1CCCCC1. The number of nitrogens with two attached hydrogens (primary N) is 1. The second-order valence-electron chi connectivity index (χ2n) is 10.1. The van der Waals surface area contributed by atoms with Crippen LogP contribution in [-0.4, -0.2) is 52.7 Å². The zero-order valence-electron chi connectivity index (χ0n) is 21.8. The molecule has 1 fully saturated rings. The first-order valence-corrected chi connectivity index (χ1v) is 13.1. The lowest BCUT2D eigenvalue weighted by atomic mass is 9.77. The Morgan fingerprint density at radius 1 is 0.974 bits per heavy atom. The lowest BCUT2D eigenvalue weighted by Gasteiger charge is -2.27. The summed E-state index contributed by atoms with van der Waals surface area (Å²) >= 11 is 0. The van der Waals surface area contributed by atoms with E-state index in [0.717, 1.165) is 43.5 Å². The predicted molar refractivity (Wildman–Crippen MR) is 146 cm³/mol. The Kier molecular flexibility index (Phi) is 8.81. The first-order valence-electron chi connectivity index (χ1n) is 13.1. The molecule has 2 heterocycles. The molecule has 7 heteroatoms. The summed E-state index contributed by atoms with van der Waals surface area (Å²) in [7, 11) is 0.